The maximum atomic E-state index is 11.8. The van der Waals surface area contributed by atoms with Crippen LogP contribution in [0.5, 0.6) is 0 Å². The zero-order chi connectivity index (χ0) is 14.1. The smallest absolute Gasteiger partial charge is 0.305 e. The molecule has 2 aliphatic rings. The first kappa shape index (κ1) is 13.0. The Morgan fingerprint density at radius 1 is 1.50 bits per heavy atom. The predicted octanol–water partition coefficient (Wildman–Crippen LogP) is -0.278. The van der Waals surface area contributed by atoms with E-state index in [0.29, 0.717) is 31.4 Å². The number of carboxylic acids is 1. The number of amides is 1. The quantitative estimate of drug-likeness (QED) is 0.763. The maximum absolute atomic E-state index is 11.8. The summed E-state index contributed by atoms with van der Waals surface area (Å²) in [6.45, 7) is 1.38. The molecule has 1 unspecified atom stereocenters. The van der Waals surface area contributed by atoms with Crippen LogP contribution in [-0.4, -0.2) is 51.2 Å². The van der Waals surface area contributed by atoms with Gasteiger partial charge >= 0.3 is 5.97 Å². The second-order valence-electron chi connectivity index (χ2n) is 5.20. The Kier molecular flexibility index (Phi) is 3.39. The molecular formula is C12H16N4O4. The van der Waals surface area contributed by atoms with Gasteiger partial charge in [0.2, 0.25) is 11.8 Å². The van der Waals surface area contributed by atoms with Crippen molar-refractivity contribution < 1.29 is 19.2 Å². The van der Waals surface area contributed by atoms with Gasteiger partial charge in [-0.15, -0.1) is 0 Å². The third kappa shape index (κ3) is 2.79. The summed E-state index contributed by atoms with van der Waals surface area (Å²) in [6, 6.07) is -0.683. The van der Waals surface area contributed by atoms with Crippen LogP contribution in [0.2, 0.25) is 0 Å². The average molecular weight is 280 g/mol. The first-order valence-electron chi connectivity index (χ1n) is 6.69. The topological polar surface area (TPSA) is 109 Å². The Hall–Kier alpha value is -1.96. The second-order valence-corrected chi connectivity index (χ2v) is 5.20. The standard InChI is InChI=1S/C12H16N4O4/c17-10(18)5-8-12(19)13-3-4-16(8)6-9-14-11(15-20-9)7-1-2-7/h7-8H,1-6H2,(H,13,19)(H,17,18). The third-order valence-corrected chi connectivity index (χ3v) is 3.57. The Labute approximate surface area is 115 Å². The molecule has 1 saturated heterocycles. The normalized spacial score (nSPS) is 23.6. The highest BCUT2D eigenvalue weighted by molar-refractivity contribution is 5.86. The van der Waals surface area contributed by atoms with Crippen molar-refractivity contribution in [1.29, 1.82) is 0 Å². The highest BCUT2D eigenvalue weighted by atomic mass is 16.5. The molecule has 0 aromatic carbocycles. The first-order chi connectivity index (χ1) is 9.63. The van der Waals surface area contributed by atoms with Gasteiger partial charge in [0.15, 0.2) is 5.82 Å². The van der Waals surface area contributed by atoms with E-state index in [9.17, 15) is 9.59 Å². The van der Waals surface area contributed by atoms with Gasteiger partial charge in [-0.25, -0.2) is 0 Å². The van der Waals surface area contributed by atoms with Crippen LogP contribution in [0.25, 0.3) is 0 Å². The molecule has 3 rings (SSSR count). The van der Waals surface area contributed by atoms with Crippen LogP contribution in [0.1, 0.15) is 36.9 Å². The van der Waals surface area contributed by atoms with E-state index in [4.69, 9.17) is 9.63 Å². The fourth-order valence-corrected chi connectivity index (χ4v) is 2.35. The molecule has 1 aliphatic heterocycles. The molecule has 1 aliphatic carbocycles. The Morgan fingerprint density at radius 2 is 2.30 bits per heavy atom. The van der Waals surface area contributed by atoms with Gasteiger partial charge in [-0.3, -0.25) is 14.5 Å². The van der Waals surface area contributed by atoms with Gasteiger partial charge in [0.25, 0.3) is 0 Å². The van der Waals surface area contributed by atoms with Crippen molar-refractivity contribution in [1.82, 2.24) is 20.4 Å². The van der Waals surface area contributed by atoms with Crippen molar-refractivity contribution in [3.8, 4) is 0 Å². The van der Waals surface area contributed by atoms with Crippen molar-refractivity contribution in [3.05, 3.63) is 11.7 Å². The van der Waals surface area contributed by atoms with Gasteiger partial charge < -0.3 is 14.9 Å². The van der Waals surface area contributed by atoms with Crippen molar-refractivity contribution in [2.75, 3.05) is 13.1 Å². The highest BCUT2D eigenvalue weighted by Gasteiger charge is 2.33. The van der Waals surface area contributed by atoms with Gasteiger partial charge in [0.1, 0.15) is 6.04 Å². The monoisotopic (exact) mass is 280 g/mol. The molecule has 2 heterocycles. The molecular weight excluding hydrogens is 264 g/mol. The minimum atomic E-state index is -0.999. The molecule has 2 fully saturated rings. The number of rotatable bonds is 5. The van der Waals surface area contributed by atoms with Crippen LogP contribution in [0.15, 0.2) is 4.52 Å². The fraction of sp³-hybridized carbons (Fsp3) is 0.667. The van der Waals surface area contributed by atoms with Gasteiger partial charge in [0, 0.05) is 19.0 Å². The molecule has 1 aromatic heterocycles. The number of carbonyl (C=O) groups excluding carboxylic acids is 1. The first-order valence-corrected chi connectivity index (χ1v) is 6.69. The van der Waals surface area contributed by atoms with Crippen LogP contribution < -0.4 is 5.32 Å². The van der Waals surface area contributed by atoms with Crippen LogP contribution >= 0.6 is 0 Å². The molecule has 1 aromatic rings. The van der Waals surface area contributed by atoms with E-state index in [1.54, 1.807) is 4.90 Å². The van der Waals surface area contributed by atoms with E-state index in [0.717, 1.165) is 18.7 Å². The number of hydrogen-bond donors (Lipinski definition) is 2. The summed E-state index contributed by atoms with van der Waals surface area (Å²) in [5.41, 5.74) is 0. The fourth-order valence-electron chi connectivity index (χ4n) is 2.35. The number of carboxylic acid groups (broad SMARTS) is 1. The molecule has 20 heavy (non-hydrogen) atoms. The largest absolute Gasteiger partial charge is 0.481 e. The molecule has 1 amide bonds. The van der Waals surface area contributed by atoms with Crippen molar-refractivity contribution in [2.45, 2.75) is 37.8 Å². The number of nitrogens with one attached hydrogen (secondary N) is 1. The Morgan fingerprint density at radius 3 is 3.00 bits per heavy atom. The Balaban J connectivity index is 1.68. The van der Waals surface area contributed by atoms with E-state index in [1.165, 1.54) is 0 Å². The number of piperazine rings is 1. The summed E-state index contributed by atoms with van der Waals surface area (Å²) in [6.07, 6.45) is 1.95. The summed E-state index contributed by atoms with van der Waals surface area (Å²) in [5.74, 6) is 0.307. The van der Waals surface area contributed by atoms with Gasteiger partial charge in [-0.1, -0.05) is 5.16 Å². The zero-order valence-corrected chi connectivity index (χ0v) is 10.9. The van der Waals surface area contributed by atoms with E-state index in [-0.39, 0.29) is 12.3 Å². The molecule has 1 saturated carbocycles. The SMILES string of the molecule is O=C(O)CC1C(=O)NCCN1Cc1nc(C2CC2)no1. The third-order valence-electron chi connectivity index (χ3n) is 3.57. The number of aromatic nitrogens is 2. The lowest BCUT2D eigenvalue weighted by Crippen LogP contribution is -2.55. The number of aliphatic carboxylic acids is 1. The molecule has 0 radical (unpaired) electrons. The van der Waals surface area contributed by atoms with E-state index in [2.05, 4.69) is 15.5 Å². The van der Waals surface area contributed by atoms with Crippen LogP contribution in [-0.2, 0) is 16.1 Å². The average Bonchev–Trinajstić information content (AvgIpc) is 3.14. The molecule has 108 valence electrons. The second kappa shape index (κ2) is 5.20. The van der Waals surface area contributed by atoms with E-state index in [1.807, 2.05) is 0 Å². The minimum absolute atomic E-state index is 0.227. The summed E-state index contributed by atoms with van der Waals surface area (Å²) in [7, 11) is 0. The predicted molar refractivity (Wildman–Crippen MR) is 65.7 cm³/mol. The van der Waals surface area contributed by atoms with Gasteiger partial charge in [-0.2, -0.15) is 4.98 Å². The van der Waals surface area contributed by atoms with Crippen LogP contribution in [0.3, 0.4) is 0 Å². The summed E-state index contributed by atoms with van der Waals surface area (Å²) >= 11 is 0. The van der Waals surface area contributed by atoms with Crippen LogP contribution in [0.4, 0.5) is 0 Å². The molecule has 0 bridgehead atoms. The highest BCUT2D eigenvalue weighted by Crippen LogP contribution is 2.38. The lowest BCUT2D eigenvalue weighted by atomic mass is 10.1. The molecule has 1 atom stereocenters. The lowest BCUT2D eigenvalue weighted by Gasteiger charge is -2.32. The van der Waals surface area contributed by atoms with Gasteiger partial charge in [-0.05, 0) is 12.8 Å². The molecule has 8 heteroatoms. The van der Waals surface area contributed by atoms with Crippen LogP contribution in [0, 0.1) is 0 Å². The van der Waals surface area contributed by atoms with E-state index < -0.39 is 12.0 Å². The van der Waals surface area contributed by atoms with Crippen molar-refractivity contribution in [2.24, 2.45) is 0 Å². The summed E-state index contributed by atoms with van der Waals surface area (Å²) in [4.78, 5) is 28.7. The summed E-state index contributed by atoms with van der Waals surface area (Å²) in [5, 5.41) is 15.5. The zero-order valence-electron chi connectivity index (χ0n) is 10.9. The number of nitrogens with zero attached hydrogens (tertiary/aromatic N) is 3. The number of hydrogen-bond acceptors (Lipinski definition) is 6. The minimum Gasteiger partial charge on any atom is -0.481 e. The van der Waals surface area contributed by atoms with Crippen molar-refractivity contribution >= 4 is 11.9 Å². The van der Waals surface area contributed by atoms with E-state index >= 15 is 0 Å². The van der Waals surface area contributed by atoms with Crippen molar-refractivity contribution in [3.63, 3.8) is 0 Å². The number of carbonyl (C=O) groups is 2. The lowest BCUT2D eigenvalue weighted by molar-refractivity contribution is -0.143. The molecule has 8 nitrogen and oxygen atoms in total. The Bertz CT molecular complexity index is 525. The maximum Gasteiger partial charge on any atom is 0.305 e. The molecule has 2 N–H and O–H groups in total. The molecule has 0 spiro atoms. The van der Waals surface area contributed by atoms with Gasteiger partial charge in [0.05, 0.1) is 13.0 Å². The summed E-state index contributed by atoms with van der Waals surface area (Å²) < 4.78 is 5.18.